The van der Waals surface area contributed by atoms with Gasteiger partial charge in [0, 0.05) is 30.5 Å². The molecule has 4 rings (SSSR count). The highest BCUT2D eigenvalue weighted by Gasteiger charge is 2.23. The van der Waals surface area contributed by atoms with Crippen molar-refractivity contribution in [2.75, 3.05) is 11.4 Å². The predicted molar refractivity (Wildman–Crippen MR) is 84.4 cm³/mol. The number of rotatable bonds is 2. The van der Waals surface area contributed by atoms with E-state index >= 15 is 0 Å². The van der Waals surface area contributed by atoms with Gasteiger partial charge in [-0.15, -0.1) is 0 Å². The number of anilines is 1. The largest absolute Gasteiger partial charge is 0.348 e. The van der Waals surface area contributed by atoms with Gasteiger partial charge in [-0.2, -0.15) is 0 Å². The molecule has 1 aliphatic heterocycles. The van der Waals surface area contributed by atoms with E-state index < -0.39 is 0 Å². The number of benzene rings is 1. The minimum absolute atomic E-state index is 0.324. The minimum atomic E-state index is 0.324. The number of para-hydroxylation sites is 1. The molecule has 0 bridgehead atoms. The molecule has 2 heterocycles. The molecule has 1 aliphatic carbocycles. The third-order valence-corrected chi connectivity index (χ3v) is 3.97. The third kappa shape index (κ3) is 2.29. The number of nitrogens with zero attached hydrogens (tertiary/aromatic N) is 3. The number of hydrogen-bond acceptors (Lipinski definition) is 3. The van der Waals surface area contributed by atoms with Gasteiger partial charge in [-0.1, -0.05) is 24.3 Å². The van der Waals surface area contributed by atoms with Crippen LogP contribution in [0.3, 0.4) is 0 Å². The van der Waals surface area contributed by atoms with Gasteiger partial charge >= 0.3 is 0 Å². The van der Waals surface area contributed by atoms with E-state index in [1.807, 2.05) is 24.8 Å². The number of nitrogens with one attached hydrogen (secondary N) is 1. The number of aromatic nitrogens is 2. The molecule has 1 aromatic carbocycles. The Hall–Kier alpha value is -2.62. The summed E-state index contributed by atoms with van der Waals surface area (Å²) in [5.74, 6) is 1.35. The summed E-state index contributed by atoms with van der Waals surface area (Å²) in [7, 11) is 0. The number of aromatic amines is 1. The molecule has 0 saturated heterocycles. The Bertz CT molecular complexity index is 711. The van der Waals surface area contributed by atoms with Gasteiger partial charge in [0.15, 0.2) is 0 Å². The second-order valence-electron chi connectivity index (χ2n) is 5.34. The van der Waals surface area contributed by atoms with Crippen molar-refractivity contribution in [3.63, 3.8) is 0 Å². The van der Waals surface area contributed by atoms with E-state index in [0.29, 0.717) is 5.92 Å². The van der Waals surface area contributed by atoms with Crippen LogP contribution in [-0.4, -0.2) is 22.9 Å². The Kier molecular flexibility index (Phi) is 2.92. The molecule has 1 aromatic heterocycles. The predicted octanol–water partition coefficient (Wildman–Crippen LogP) is 3.26. The van der Waals surface area contributed by atoms with Crippen LogP contribution in [0.25, 0.3) is 0 Å². The molecule has 0 spiro atoms. The van der Waals surface area contributed by atoms with Crippen molar-refractivity contribution in [3.05, 3.63) is 72.0 Å². The summed E-state index contributed by atoms with van der Waals surface area (Å²) in [6.07, 6.45) is 10.9. The standard InChI is InChI=1S/C17H16N4/c1-2-4-15(5-3-1)21-11-14-10-13(17-18-8-9-19-17)6-7-16(14)20-12-21/h1-9,12-13H,10-11H2,(H,18,19). The molecule has 104 valence electrons. The normalized spacial score (nSPS) is 20.8. The van der Waals surface area contributed by atoms with Crippen LogP contribution < -0.4 is 4.90 Å². The quantitative estimate of drug-likeness (QED) is 0.915. The first-order valence-electron chi connectivity index (χ1n) is 7.15. The van der Waals surface area contributed by atoms with Crippen LogP contribution in [0.15, 0.2) is 71.1 Å². The van der Waals surface area contributed by atoms with E-state index in [2.05, 4.69) is 56.3 Å². The van der Waals surface area contributed by atoms with Crippen molar-refractivity contribution in [1.82, 2.24) is 9.97 Å². The van der Waals surface area contributed by atoms with Gasteiger partial charge in [-0.3, -0.25) is 0 Å². The monoisotopic (exact) mass is 276 g/mol. The molecule has 1 N–H and O–H groups in total. The lowest BCUT2D eigenvalue weighted by Crippen LogP contribution is -2.29. The smallest absolute Gasteiger partial charge is 0.113 e. The van der Waals surface area contributed by atoms with Crippen LogP contribution in [0.1, 0.15) is 18.2 Å². The topological polar surface area (TPSA) is 44.3 Å². The molecule has 4 nitrogen and oxygen atoms in total. The highest BCUT2D eigenvalue weighted by atomic mass is 15.2. The molecule has 2 aromatic rings. The van der Waals surface area contributed by atoms with E-state index in [1.165, 1.54) is 11.3 Å². The average molecular weight is 276 g/mol. The zero-order chi connectivity index (χ0) is 14.1. The molecule has 1 atom stereocenters. The summed E-state index contributed by atoms with van der Waals surface area (Å²) >= 11 is 0. The van der Waals surface area contributed by atoms with Crippen molar-refractivity contribution in [2.45, 2.75) is 12.3 Å². The first kappa shape index (κ1) is 12.1. The molecular formula is C17H16N4. The van der Waals surface area contributed by atoms with Gasteiger partial charge in [-0.25, -0.2) is 9.98 Å². The van der Waals surface area contributed by atoms with E-state index in [0.717, 1.165) is 24.5 Å². The van der Waals surface area contributed by atoms with Gasteiger partial charge in [0.05, 0.1) is 12.0 Å². The number of allylic oxidation sites excluding steroid dienone is 2. The fraction of sp³-hybridized carbons (Fsp3) is 0.176. The van der Waals surface area contributed by atoms with Crippen molar-refractivity contribution < 1.29 is 0 Å². The van der Waals surface area contributed by atoms with Gasteiger partial charge in [0.1, 0.15) is 5.82 Å². The van der Waals surface area contributed by atoms with Crippen LogP contribution in [0.4, 0.5) is 5.69 Å². The van der Waals surface area contributed by atoms with Gasteiger partial charge in [-0.05, 0) is 30.2 Å². The SMILES string of the molecule is C1=CC(c2ncc[nH]2)CC2=C1N=CN(c1ccccc1)C2. The molecule has 0 amide bonds. The summed E-state index contributed by atoms with van der Waals surface area (Å²) in [6.45, 7) is 0.893. The highest BCUT2D eigenvalue weighted by molar-refractivity contribution is 5.82. The van der Waals surface area contributed by atoms with E-state index in [-0.39, 0.29) is 0 Å². The lowest BCUT2D eigenvalue weighted by molar-refractivity contribution is 0.732. The Morgan fingerprint density at radius 1 is 1.19 bits per heavy atom. The first-order chi connectivity index (χ1) is 10.4. The number of hydrogen-bond donors (Lipinski definition) is 1. The Labute approximate surface area is 123 Å². The minimum Gasteiger partial charge on any atom is -0.348 e. The maximum Gasteiger partial charge on any atom is 0.113 e. The lowest BCUT2D eigenvalue weighted by atomic mass is 9.91. The molecule has 0 fully saturated rings. The molecule has 0 radical (unpaired) electrons. The zero-order valence-electron chi connectivity index (χ0n) is 11.6. The lowest BCUT2D eigenvalue weighted by Gasteiger charge is -2.29. The third-order valence-electron chi connectivity index (χ3n) is 3.97. The zero-order valence-corrected chi connectivity index (χ0v) is 11.6. The first-order valence-corrected chi connectivity index (χ1v) is 7.15. The van der Waals surface area contributed by atoms with Gasteiger partial charge < -0.3 is 9.88 Å². The summed E-state index contributed by atoms with van der Waals surface area (Å²) in [6, 6.07) is 10.4. The Morgan fingerprint density at radius 2 is 2.10 bits per heavy atom. The number of imidazole rings is 1. The van der Waals surface area contributed by atoms with Gasteiger partial charge in [0.25, 0.3) is 0 Å². The summed E-state index contributed by atoms with van der Waals surface area (Å²) in [5, 5.41) is 0. The maximum atomic E-state index is 4.59. The highest BCUT2D eigenvalue weighted by Crippen LogP contribution is 2.32. The van der Waals surface area contributed by atoms with Crippen molar-refractivity contribution >= 4 is 12.0 Å². The maximum absolute atomic E-state index is 4.59. The number of H-pyrrole nitrogens is 1. The number of aliphatic imine (C=N–C) groups is 1. The second kappa shape index (κ2) is 5.05. The van der Waals surface area contributed by atoms with Crippen molar-refractivity contribution in [1.29, 1.82) is 0 Å². The summed E-state index contributed by atoms with van der Waals surface area (Å²) in [5.41, 5.74) is 3.65. The Balaban J connectivity index is 1.57. The second-order valence-corrected chi connectivity index (χ2v) is 5.34. The van der Waals surface area contributed by atoms with E-state index in [1.54, 1.807) is 0 Å². The van der Waals surface area contributed by atoms with Crippen LogP contribution in [0.2, 0.25) is 0 Å². The fourth-order valence-electron chi connectivity index (χ4n) is 2.87. The molecule has 2 aliphatic rings. The van der Waals surface area contributed by atoms with E-state index in [4.69, 9.17) is 0 Å². The van der Waals surface area contributed by atoms with Crippen LogP contribution >= 0.6 is 0 Å². The molecular weight excluding hydrogens is 260 g/mol. The van der Waals surface area contributed by atoms with Crippen LogP contribution in [0.5, 0.6) is 0 Å². The van der Waals surface area contributed by atoms with Crippen LogP contribution in [-0.2, 0) is 0 Å². The summed E-state index contributed by atoms with van der Waals surface area (Å²) < 4.78 is 0. The van der Waals surface area contributed by atoms with Crippen LogP contribution in [0, 0.1) is 0 Å². The van der Waals surface area contributed by atoms with Crippen molar-refractivity contribution in [3.8, 4) is 0 Å². The molecule has 4 heteroatoms. The molecule has 21 heavy (non-hydrogen) atoms. The van der Waals surface area contributed by atoms with Gasteiger partial charge in [0.2, 0.25) is 0 Å². The molecule has 1 unspecified atom stereocenters. The Morgan fingerprint density at radius 3 is 2.90 bits per heavy atom. The fourth-order valence-corrected chi connectivity index (χ4v) is 2.87. The van der Waals surface area contributed by atoms with E-state index in [9.17, 15) is 0 Å². The summed E-state index contributed by atoms with van der Waals surface area (Å²) in [4.78, 5) is 14.4. The average Bonchev–Trinajstić information content (AvgIpc) is 3.09. The van der Waals surface area contributed by atoms with Crippen molar-refractivity contribution in [2.24, 2.45) is 4.99 Å². The molecule has 0 saturated carbocycles.